The smallest absolute Gasteiger partial charge is 0.242 e. The predicted octanol–water partition coefficient (Wildman–Crippen LogP) is 0.0820. The number of nitrogens with one attached hydrogen (secondary N) is 2. The molecule has 17 heavy (non-hydrogen) atoms. The molecular formula is C11H17N5O. The topological polar surface area (TPSA) is 83.3 Å². The lowest BCUT2D eigenvalue weighted by Gasteiger charge is -2.36. The third kappa shape index (κ3) is 2.31. The van der Waals surface area contributed by atoms with Crippen LogP contribution in [0.15, 0.2) is 18.3 Å². The summed E-state index contributed by atoms with van der Waals surface area (Å²) in [6, 6.07) is 3.63. The van der Waals surface area contributed by atoms with E-state index in [4.69, 9.17) is 5.84 Å². The number of amides is 1. The van der Waals surface area contributed by atoms with Crippen molar-refractivity contribution in [2.45, 2.75) is 19.4 Å². The Morgan fingerprint density at radius 1 is 1.71 bits per heavy atom. The molecule has 4 N–H and O–H groups in total. The minimum absolute atomic E-state index is 0.0813. The fourth-order valence-corrected chi connectivity index (χ4v) is 2.11. The van der Waals surface area contributed by atoms with E-state index in [2.05, 4.69) is 20.6 Å². The summed E-state index contributed by atoms with van der Waals surface area (Å²) in [5.74, 6) is 6.01. The molecule has 1 unspecified atom stereocenters. The lowest BCUT2D eigenvalue weighted by Crippen LogP contribution is -2.55. The number of rotatable bonds is 3. The molecule has 0 spiro atoms. The van der Waals surface area contributed by atoms with E-state index in [1.165, 1.54) is 0 Å². The van der Waals surface area contributed by atoms with E-state index < -0.39 is 0 Å². The minimum Gasteiger partial charge on any atom is -0.358 e. The number of piperazine rings is 1. The molecule has 1 saturated heterocycles. The van der Waals surface area contributed by atoms with E-state index in [1.54, 1.807) is 6.20 Å². The summed E-state index contributed by atoms with van der Waals surface area (Å²) in [4.78, 5) is 17.9. The summed E-state index contributed by atoms with van der Waals surface area (Å²) in [6.07, 6.45) is 2.46. The van der Waals surface area contributed by atoms with Crippen LogP contribution in [0.2, 0.25) is 0 Å². The van der Waals surface area contributed by atoms with Gasteiger partial charge in [0.1, 0.15) is 11.9 Å². The maximum atomic E-state index is 11.8. The van der Waals surface area contributed by atoms with Gasteiger partial charge in [-0.25, -0.2) is 10.8 Å². The number of hydrazine groups is 1. The number of hydrogen-bond donors (Lipinski definition) is 3. The van der Waals surface area contributed by atoms with Gasteiger partial charge in [0.2, 0.25) is 5.91 Å². The van der Waals surface area contributed by atoms with Crippen molar-refractivity contribution in [2.24, 2.45) is 5.84 Å². The molecule has 1 amide bonds. The molecular weight excluding hydrogens is 218 g/mol. The van der Waals surface area contributed by atoms with E-state index in [0.29, 0.717) is 12.4 Å². The van der Waals surface area contributed by atoms with E-state index in [1.807, 2.05) is 19.1 Å². The zero-order valence-electron chi connectivity index (χ0n) is 9.81. The fourth-order valence-electron chi connectivity index (χ4n) is 2.11. The summed E-state index contributed by atoms with van der Waals surface area (Å²) in [5.41, 5.74) is 3.48. The molecule has 0 saturated carbocycles. The Hall–Kier alpha value is -1.82. The summed E-state index contributed by atoms with van der Waals surface area (Å²) in [7, 11) is 0. The van der Waals surface area contributed by atoms with Gasteiger partial charge in [-0.1, -0.05) is 6.92 Å². The van der Waals surface area contributed by atoms with Gasteiger partial charge in [-0.2, -0.15) is 0 Å². The Kier molecular flexibility index (Phi) is 3.43. The van der Waals surface area contributed by atoms with Crippen molar-refractivity contribution in [3.8, 4) is 0 Å². The molecule has 0 bridgehead atoms. The van der Waals surface area contributed by atoms with Gasteiger partial charge < -0.3 is 15.6 Å². The van der Waals surface area contributed by atoms with E-state index in [0.717, 1.165) is 18.7 Å². The lowest BCUT2D eigenvalue weighted by atomic mass is 10.1. The van der Waals surface area contributed by atoms with Crippen LogP contribution in [-0.4, -0.2) is 30.0 Å². The maximum absolute atomic E-state index is 11.8. The molecule has 2 heterocycles. The molecule has 1 aliphatic rings. The third-order valence-corrected chi connectivity index (χ3v) is 2.94. The SMILES string of the molecule is CCC1C(=O)NCCN1c1ccnc(NN)c1. The number of pyridine rings is 1. The molecule has 0 aromatic carbocycles. The molecule has 0 radical (unpaired) electrons. The first kappa shape index (κ1) is 11.7. The average Bonchev–Trinajstić information content (AvgIpc) is 2.38. The number of nitrogens with zero attached hydrogens (tertiary/aromatic N) is 2. The van der Waals surface area contributed by atoms with Gasteiger partial charge in [-0.3, -0.25) is 4.79 Å². The van der Waals surface area contributed by atoms with Gasteiger partial charge >= 0.3 is 0 Å². The van der Waals surface area contributed by atoms with Crippen molar-refractivity contribution in [1.82, 2.24) is 10.3 Å². The monoisotopic (exact) mass is 235 g/mol. The van der Waals surface area contributed by atoms with Crippen LogP contribution in [0.1, 0.15) is 13.3 Å². The fraction of sp³-hybridized carbons (Fsp3) is 0.455. The van der Waals surface area contributed by atoms with E-state index >= 15 is 0 Å². The molecule has 0 aliphatic carbocycles. The van der Waals surface area contributed by atoms with Gasteiger partial charge in [0.15, 0.2) is 0 Å². The first-order chi connectivity index (χ1) is 8.26. The Morgan fingerprint density at radius 3 is 3.24 bits per heavy atom. The molecule has 6 heteroatoms. The van der Waals surface area contributed by atoms with Crippen LogP contribution in [-0.2, 0) is 4.79 Å². The zero-order valence-corrected chi connectivity index (χ0v) is 9.81. The summed E-state index contributed by atoms with van der Waals surface area (Å²) in [6.45, 7) is 3.48. The average molecular weight is 235 g/mol. The van der Waals surface area contributed by atoms with Gasteiger partial charge in [0.25, 0.3) is 0 Å². The quantitative estimate of drug-likeness (QED) is 0.510. The molecule has 1 aliphatic heterocycles. The summed E-state index contributed by atoms with van der Waals surface area (Å²) < 4.78 is 0. The maximum Gasteiger partial charge on any atom is 0.242 e. The molecule has 92 valence electrons. The van der Waals surface area contributed by atoms with Crippen LogP contribution >= 0.6 is 0 Å². The second-order valence-corrected chi connectivity index (χ2v) is 3.95. The summed E-state index contributed by atoms with van der Waals surface area (Å²) in [5, 5.41) is 2.87. The highest BCUT2D eigenvalue weighted by Crippen LogP contribution is 2.21. The van der Waals surface area contributed by atoms with Crippen molar-refractivity contribution < 1.29 is 4.79 Å². The molecule has 2 rings (SSSR count). The second kappa shape index (κ2) is 5.01. The van der Waals surface area contributed by atoms with Crippen molar-refractivity contribution in [3.63, 3.8) is 0 Å². The number of carbonyl (C=O) groups is 1. The number of anilines is 2. The standard InChI is InChI=1S/C11H17N5O/c1-2-9-11(17)14-5-6-16(9)8-3-4-13-10(7-8)15-12/h3-4,7,9H,2,5-6,12H2,1H3,(H,13,15)(H,14,17). The zero-order chi connectivity index (χ0) is 12.3. The number of hydrogen-bond acceptors (Lipinski definition) is 5. The highest BCUT2D eigenvalue weighted by atomic mass is 16.2. The lowest BCUT2D eigenvalue weighted by molar-refractivity contribution is -0.123. The first-order valence-corrected chi connectivity index (χ1v) is 5.73. The third-order valence-electron chi connectivity index (χ3n) is 2.94. The number of nitrogens with two attached hydrogens (primary N) is 1. The molecule has 6 nitrogen and oxygen atoms in total. The number of carbonyl (C=O) groups excluding carboxylic acids is 1. The Balaban J connectivity index is 2.27. The minimum atomic E-state index is -0.114. The van der Waals surface area contributed by atoms with Gasteiger partial charge in [-0.15, -0.1) is 0 Å². The Bertz CT molecular complexity index is 409. The van der Waals surface area contributed by atoms with Crippen LogP contribution in [0, 0.1) is 0 Å². The molecule has 1 fully saturated rings. The van der Waals surface area contributed by atoms with Crippen LogP contribution in [0.3, 0.4) is 0 Å². The molecule has 1 aromatic heterocycles. The predicted molar refractivity (Wildman–Crippen MR) is 66.5 cm³/mol. The van der Waals surface area contributed by atoms with Gasteiger partial charge in [0.05, 0.1) is 0 Å². The van der Waals surface area contributed by atoms with Crippen molar-refractivity contribution in [1.29, 1.82) is 0 Å². The first-order valence-electron chi connectivity index (χ1n) is 5.73. The number of nitrogen functional groups attached to an aromatic ring is 1. The highest BCUT2D eigenvalue weighted by Gasteiger charge is 2.28. The second-order valence-electron chi connectivity index (χ2n) is 3.95. The van der Waals surface area contributed by atoms with Gasteiger partial charge in [0, 0.05) is 31.0 Å². The molecule has 1 aromatic rings. The van der Waals surface area contributed by atoms with E-state index in [9.17, 15) is 4.79 Å². The normalized spacial score (nSPS) is 20.0. The van der Waals surface area contributed by atoms with E-state index in [-0.39, 0.29) is 11.9 Å². The van der Waals surface area contributed by atoms with Crippen LogP contribution in [0.25, 0.3) is 0 Å². The largest absolute Gasteiger partial charge is 0.358 e. The Morgan fingerprint density at radius 2 is 2.53 bits per heavy atom. The Labute approximate surface area is 100 Å². The van der Waals surface area contributed by atoms with Crippen molar-refractivity contribution in [3.05, 3.63) is 18.3 Å². The number of aromatic nitrogens is 1. The van der Waals surface area contributed by atoms with Crippen molar-refractivity contribution >= 4 is 17.4 Å². The van der Waals surface area contributed by atoms with Crippen LogP contribution < -0.4 is 21.5 Å². The molecule has 1 atom stereocenters. The van der Waals surface area contributed by atoms with Crippen LogP contribution in [0.5, 0.6) is 0 Å². The van der Waals surface area contributed by atoms with Crippen molar-refractivity contribution in [2.75, 3.05) is 23.4 Å². The summed E-state index contributed by atoms with van der Waals surface area (Å²) >= 11 is 0. The van der Waals surface area contributed by atoms with Crippen LogP contribution in [0.4, 0.5) is 11.5 Å². The highest BCUT2D eigenvalue weighted by molar-refractivity contribution is 5.86. The van der Waals surface area contributed by atoms with Gasteiger partial charge in [-0.05, 0) is 12.5 Å².